The molecule has 1 amide bonds. The second-order valence-corrected chi connectivity index (χ2v) is 6.51. The smallest absolute Gasteiger partial charge is 0.322 e. The van der Waals surface area contributed by atoms with E-state index in [0.29, 0.717) is 10.4 Å². The van der Waals surface area contributed by atoms with E-state index < -0.39 is 23.3 Å². The Hall–Kier alpha value is -2.80. The summed E-state index contributed by atoms with van der Waals surface area (Å²) in [5.74, 6) is -0.887. The molecule has 1 N–H and O–H groups in total. The molecule has 140 valence electrons. The van der Waals surface area contributed by atoms with Crippen LogP contribution in [-0.4, -0.2) is 15.7 Å². The normalized spacial score (nSPS) is 11.5. The summed E-state index contributed by atoms with van der Waals surface area (Å²) in [5, 5.41) is 6.56. The number of aromatic nitrogens is 2. The van der Waals surface area contributed by atoms with Gasteiger partial charge < -0.3 is 5.32 Å². The summed E-state index contributed by atoms with van der Waals surface area (Å²) in [5.41, 5.74) is 0.554. The number of anilines is 1. The monoisotopic (exact) mass is 393 g/mol. The van der Waals surface area contributed by atoms with Crippen LogP contribution < -0.4 is 5.32 Å². The van der Waals surface area contributed by atoms with Gasteiger partial charge in [-0.25, -0.2) is 4.68 Å². The van der Waals surface area contributed by atoms with Gasteiger partial charge in [-0.05, 0) is 43.7 Å². The van der Waals surface area contributed by atoms with E-state index in [0.717, 1.165) is 17.3 Å². The number of aryl methyl sites for hydroxylation is 2. The first-order valence-electron chi connectivity index (χ1n) is 7.96. The summed E-state index contributed by atoms with van der Waals surface area (Å²) < 4.78 is 41.7. The van der Waals surface area contributed by atoms with E-state index in [9.17, 15) is 18.0 Å². The minimum Gasteiger partial charge on any atom is -0.322 e. The molecule has 0 saturated carbocycles. The van der Waals surface area contributed by atoms with Crippen molar-refractivity contribution in [1.82, 2.24) is 9.78 Å². The Morgan fingerprint density at radius 3 is 2.52 bits per heavy atom. The first-order chi connectivity index (χ1) is 12.7. The molecule has 4 nitrogen and oxygen atoms in total. The van der Waals surface area contributed by atoms with Crippen LogP contribution in [0.2, 0.25) is 5.02 Å². The summed E-state index contributed by atoms with van der Waals surface area (Å²) >= 11 is 5.87. The van der Waals surface area contributed by atoms with Crippen molar-refractivity contribution < 1.29 is 18.0 Å². The average Bonchev–Trinajstić information content (AvgIpc) is 3.03. The number of halogens is 4. The SMILES string of the molecule is Cc1ccc(NC(=O)c2cnn(-c3cccc(Cl)c3)c2C(F)(F)F)c(C)c1. The highest BCUT2D eigenvalue weighted by Gasteiger charge is 2.40. The molecular weight excluding hydrogens is 379 g/mol. The summed E-state index contributed by atoms with van der Waals surface area (Å²) in [6.07, 6.45) is -3.88. The number of carbonyl (C=O) groups is 1. The maximum Gasteiger partial charge on any atom is 0.434 e. The third kappa shape index (κ3) is 3.98. The number of rotatable bonds is 3. The van der Waals surface area contributed by atoms with Crippen LogP contribution in [0.1, 0.15) is 27.2 Å². The molecule has 2 aromatic carbocycles. The lowest BCUT2D eigenvalue weighted by Crippen LogP contribution is -2.21. The van der Waals surface area contributed by atoms with Gasteiger partial charge >= 0.3 is 6.18 Å². The van der Waals surface area contributed by atoms with Gasteiger partial charge in [0.25, 0.3) is 5.91 Å². The lowest BCUT2D eigenvalue weighted by Gasteiger charge is -2.14. The fourth-order valence-electron chi connectivity index (χ4n) is 2.73. The average molecular weight is 394 g/mol. The minimum absolute atomic E-state index is 0.111. The third-order valence-corrected chi connectivity index (χ3v) is 4.20. The molecule has 3 aromatic rings. The zero-order valence-electron chi connectivity index (χ0n) is 14.4. The van der Waals surface area contributed by atoms with Crippen LogP contribution >= 0.6 is 11.6 Å². The van der Waals surface area contributed by atoms with Crippen LogP contribution in [0.25, 0.3) is 5.69 Å². The van der Waals surface area contributed by atoms with Gasteiger partial charge in [0.05, 0.1) is 17.4 Å². The van der Waals surface area contributed by atoms with Crippen molar-refractivity contribution >= 4 is 23.2 Å². The van der Waals surface area contributed by atoms with Crippen LogP contribution in [-0.2, 0) is 6.18 Å². The van der Waals surface area contributed by atoms with E-state index >= 15 is 0 Å². The number of carbonyl (C=O) groups excluding carboxylic acids is 1. The van der Waals surface area contributed by atoms with E-state index in [2.05, 4.69) is 10.4 Å². The van der Waals surface area contributed by atoms with Crippen molar-refractivity contribution in [3.05, 3.63) is 76.1 Å². The molecule has 0 fully saturated rings. The van der Waals surface area contributed by atoms with Crippen LogP contribution in [0.5, 0.6) is 0 Å². The van der Waals surface area contributed by atoms with Gasteiger partial charge in [0.1, 0.15) is 0 Å². The first-order valence-corrected chi connectivity index (χ1v) is 8.34. The Balaban J connectivity index is 2.04. The number of nitrogens with zero attached hydrogens (tertiary/aromatic N) is 2. The van der Waals surface area contributed by atoms with Gasteiger partial charge in [-0.3, -0.25) is 4.79 Å². The Labute approximate surface area is 158 Å². The van der Waals surface area contributed by atoms with Gasteiger partial charge in [0.2, 0.25) is 0 Å². The van der Waals surface area contributed by atoms with E-state index in [1.807, 2.05) is 13.0 Å². The lowest BCUT2D eigenvalue weighted by atomic mass is 10.1. The predicted molar refractivity (Wildman–Crippen MR) is 97.4 cm³/mol. The van der Waals surface area contributed by atoms with Crippen molar-refractivity contribution in [1.29, 1.82) is 0 Å². The van der Waals surface area contributed by atoms with Crippen molar-refractivity contribution in [2.45, 2.75) is 20.0 Å². The van der Waals surface area contributed by atoms with Crippen molar-refractivity contribution in [3.8, 4) is 5.69 Å². The molecule has 0 radical (unpaired) electrons. The highest BCUT2D eigenvalue weighted by atomic mass is 35.5. The highest BCUT2D eigenvalue weighted by Crippen LogP contribution is 2.34. The second kappa shape index (κ2) is 7.08. The lowest BCUT2D eigenvalue weighted by molar-refractivity contribution is -0.143. The van der Waals surface area contributed by atoms with Gasteiger partial charge in [0, 0.05) is 10.7 Å². The van der Waals surface area contributed by atoms with Crippen LogP contribution in [0.3, 0.4) is 0 Å². The summed E-state index contributed by atoms with van der Waals surface area (Å²) in [7, 11) is 0. The number of hydrogen-bond acceptors (Lipinski definition) is 2. The van der Waals surface area contributed by atoms with E-state index in [-0.39, 0.29) is 10.7 Å². The van der Waals surface area contributed by atoms with Gasteiger partial charge in [0.15, 0.2) is 5.69 Å². The quantitative estimate of drug-likeness (QED) is 0.646. The largest absolute Gasteiger partial charge is 0.434 e. The Kier molecular flexibility index (Phi) is 4.97. The molecule has 0 aliphatic carbocycles. The third-order valence-electron chi connectivity index (χ3n) is 3.97. The maximum absolute atomic E-state index is 13.7. The summed E-state index contributed by atoms with van der Waals surface area (Å²) in [6.45, 7) is 3.65. The number of nitrogens with one attached hydrogen (secondary N) is 1. The van der Waals surface area contributed by atoms with Crippen LogP contribution in [0, 0.1) is 13.8 Å². The molecule has 0 aliphatic rings. The fourth-order valence-corrected chi connectivity index (χ4v) is 2.92. The molecule has 0 atom stereocenters. The zero-order valence-corrected chi connectivity index (χ0v) is 15.2. The summed E-state index contributed by atoms with van der Waals surface area (Å²) in [4.78, 5) is 12.5. The molecule has 0 spiro atoms. The zero-order chi connectivity index (χ0) is 19.8. The van der Waals surface area contributed by atoms with Crippen molar-refractivity contribution in [2.75, 3.05) is 5.32 Å². The molecule has 1 aromatic heterocycles. The Bertz CT molecular complexity index is 1010. The molecule has 0 aliphatic heterocycles. The van der Waals surface area contributed by atoms with Gasteiger partial charge in [-0.1, -0.05) is 35.4 Å². The molecular formula is C19H15ClF3N3O. The molecule has 3 rings (SSSR count). The van der Waals surface area contributed by atoms with Gasteiger partial charge in [-0.2, -0.15) is 18.3 Å². The predicted octanol–water partition coefficient (Wildman–Crippen LogP) is 5.41. The maximum atomic E-state index is 13.7. The number of amides is 1. The Morgan fingerprint density at radius 1 is 1.15 bits per heavy atom. The topological polar surface area (TPSA) is 46.9 Å². The molecule has 0 unspecified atom stereocenters. The van der Waals surface area contributed by atoms with Crippen LogP contribution in [0.15, 0.2) is 48.7 Å². The van der Waals surface area contributed by atoms with Gasteiger partial charge in [-0.15, -0.1) is 0 Å². The van der Waals surface area contributed by atoms with E-state index in [1.54, 1.807) is 19.1 Å². The number of alkyl halides is 3. The number of hydrogen-bond donors (Lipinski definition) is 1. The van der Waals surface area contributed by atoms with E-state index in [1.165, 1.54) is 24.3 Å². The van der Waals surface area contributed by atoms with Crippen molar-refractivity contribution in [3.63, 3.8) is 0 Å². The van der Waals surface area contributed by atoms with E-state index in [4.69, 9.17) is 11.6 Å². The summed E-state index contributed by atoms with van der Waals surface area (Å²) in [6, 6.07) is 11.1. The second-order valence-electron chi connectivity index (χ2n) is 6.07. The minimum atomic E-state index is -4.78. The molecule has 0 saturated heterocycles. The highest BCUT2D eigenvalue weighted by molar-refractivity contribution is 6.30. The molecule has 0 bridgehead atoms. The standard InChI is InChI=1S/C19H15ClF3N3O/c1-11-6-7-16(12(2)8-11)25-18(27)15-10-24-26(17(15)19(21,22)23)14-5-3-4-13(20)9-14/h3-10H,1-2H3,(H,25,27). The Morgan fingerprint density at radius 2 is 1.89 bits per heavy atom. The molecule has 1 heterocycles. The number of benzene rings is 2. The first kappa shape index (κ1) is 19.0. The molecule has 27 heavy (non-hydrogen) atoms. The van der Waals surface area contributed by atoms with Crippen molar-refractivity contribution in [2.24, 2.45) is 0 Å². The molecule has 8 heteroatoms. The fraction of sp³-hybridized carbons (Fsp3) is 0.158. The van der Waals surface area contributed by atoms with Crippen LogP contribution in [0.4, 0.5) is 18.9 Å².